The van der Waals surface area contributed by atoms with Crippen molar-refractivity contribution in [2.24, 2.45) is 0 Å². The second kappa shape index (κ2) is 5.01. The Morgan fingerprint density at radius 1 is 1.47 bits per heavy atom. The van der Waals surface area contributed by atoms with Gasteiger partial charge in [0, 0.05) is 0 Å². The highest BCUT2D eigenvalue weighted by molar-refractivity contribution is 5.08. The average molecular weight is 218 g/mol. The third-order valence-corrected chi connectivity index (χ3v) is 1.96. The van der Waals surface area contributed by atoms with E-state index in [9.17, 15) is 15.3 Å². The molecule has 6 heteroatoms. The molecule has 4 N–H and O–H groups in total. The first-order chi connectivity index (χ1) is 7.11. The highest BCUT2D eigenvalue weighted by atomic mass is 16.7. The summed E-state index contributed by atoms with van der Waals surface area (Å²) < 4.78 is 9.83. The Balaban J connectivity index is 2.79. The molecule has 0 bridgehead atoms. The molecule has 86 valence electrons. The summed E-state index contributed by atoms with van der Waals surface area (Å²) in [4.78, 5) is 0. The van der Waals surface area contributed by atoms with E-state index in [0.717, 1.165) is 0 Å². The van der Waals surface area contributed by atoms with Crippen LogP contribution in [0.25, 0.3) is 0 Å². The molecule has 0 aromatic rings. The summed E-state index contributed by atoms with van der Waals surface area (Å²) in [6.07, 6.45) is -2.49. The molecule has 0 radical (unpaired) electrons. The van der Waals surface area contributed by atoms with Gasteiger partial charge in [-0.15, -0.1) is 0 Å². The van der Waals surface area contributed by atoms with Gasteiger partial charge < -0.3 is 29.9 Å². The second-order valence-electron chi connectivity index (χ2n) is 3.05. The normalized spacial score (nSPS) is 31.0. The van der Waals surface area contributed by atoms with Crippen molar-refractivity contribution < 1.29 is 29.9 Å². The fraction of sp³-hybridized carbons (Fsp3) is 0.556. The zero-order valence-corrected chi connectivity index (χ0v) is 8.04. The lowest BCUT2D eigenvalue weighted by molar-refractivity contribution is -0.145. The van der Waals surface area contributed by atoms with E-state index in [1.165, 1.54) is 6.08 Å². The van der Waals surface area contributed by atoms with Gasteiger partial charge in [0.1, 0.15) is 18.8 Å². The van der Waals surface area contributed by atoms with E-state index < -0.39 is 30.7 Å². The molecule has 1 aliphatic rings. The van der Waals surface area contributed by atoms with Crippen LogP contribution >= 0.6 is 0 Å². The van der Waals surface area contributed by atoms with Gasteiger partial charge in [0.2, 0.25) is 5.76 Å². The van der Waals surface area contributed by atoms with Crippen LogP contribution < -0.4 is 0 Å². The number of ether oxygens (including phenoxy) is 2. The molecule has 0 aromatic heterocycles. The van der Waals surface area contributed by atoms with E-state index in [0.29, 0.717) is 0 Å². The number of hydrogen-bond acceptors (Lipinski definition) is 6. The van der Waals surface area contributed by atoms with Crippen molar-refractivity contribution in [2.45, 2.75) is 18.3 Å². The van der Waals surface area contributed by atoms with E-state index in [4.69, 9.17) is 14.6 Å². The van der Waals surface area contributed by atoms with Gasteiger partial charge in [-0.2, -0.15) is 0 Å². The topological polar surface area (TPSA) is 99.4 Å². The van der Waals surface area contributed by atoms with Crippen LogP contribution in [0.3, 0.4) is 0 Å². The van der Waals surface area contributed by atoms with Gasteiger partial charge in [0.05, 0.1) is 6.61 Å². The largest absolute Gasteiger partial charge is 0.504 e. The Hall–Kier alpha value is -1.24. The Morgan fingerprint density at radius 2 is 2.13 bits per heavy atom. The Morgan fingerprint density at radius 3 is 2.67 bits per heavy atom. The van der Waals surface area contributed by atoms with Gasteiger partial charge in [0.15, 0.2) is 6.10 Å². The molecule has 0 aliphatic carbocycles. The van der Waals surface area contributed by atoms with Gasteiger partial charge >= 0.3 is 5.95 Å². The predicted octanol–water partition coefficient (Wildman–Crippen LogP) is -0.971. The van der Waals surface area contributed by atoms with Crippen LogP contribution in [-0.2, 0) is 9.47 Å². The van der Waals surface area contributed by atoms with Crippen LogP contribution in [0.5, 0.6) is 0 Å². The van der Waals surface area contributed by atoms with E-state index >= 15 is 0 Å². The van der Waals surface area contributed by atoms with E-state index in [2.05, 4.69) is 6.58 Å². The highest BCUT2D eigenvalue weighted by Gasteiger charge is 2.38. The van der Waals surface area contributed by atoms with Crippen LogP contribution in [0.4, 0.5) is 0 Å². The highest BCUT2D eigenvalue weighted by Crippen LogP contribution is 2.23. The van der Waals surface area contributed by atoms with Crippen molar-refractivity contribution in [1.82, 2.24) is 0 Å². The van der Waals surface area contributed by atoms with E-state index in [1.807, 2.05) is 0 Å². The first-order valence-electron chi connectivity index (χ1n) is 4.42. The van der Waals surface area contributed by atoms with Crippen LogP contribution in [0.15, 0.2) is 24.4 Å². The van der Waals surface area contributed by atoms with Crippen molar-refractivity contribution in [1.29, 1.82) is 0 Å². The molecule has 0 aromatic carbocycles. The molecule has 1 heterocycles. The molecule has 0 amide bonds. The summed E-state index contributed by atoms with van der Waals surface area (Å²) in [5.74, 6) is -0.888. The zero-order valence-electron chi connectivity index (χ0n) is 8.04. The second-order valence-corrected chi connectivity index (χ2v) is 3.05. The number of aliphatic hydroxyl groups excluding tert-OH is 4. The summed E-state index contributed by atoms with van der Waals surface area (Å²) in [6, 6.07) is 0. The van der Waals surface area contributed by atoms with Crippen LogP contribution in [0.1, 0.15) is 0 Å². The monoisotopic (exact) mass is 218 g/mol. The van der Waals surface area contributed by atoms with Crippen LogP contribution in [-0.4, -0.2) is 52.0 Å². The first kappa shape index (κ1) is 11.8. The quantitative estimate of drug-likeness (QED) is 0.453. The molecule has 0 saturated heterocycles. The number of hydrogen-bond donors (Lipinski definition) is 4. The molecule has 0 unspecified atom stereocenters. The van der Waals surface area contributed by atoms with Crippen LogP contribution in [0.2, 0.25) is 0 Å². The third-order valence-electron chi connectivity index (χ3n) is 1.96. The lowest BCUT2D eigenvalue weighted by atomic mass is 10.1. The standard InChI is InChI=1S/C9H14O6/c1-2-3-14-9-8(13)7(12)6(11)5(4-10)15-9/h2,5-7,10-13H,1,3-4H2/t5-,6-,7+/m1/s1. The molecule has 1 rings (SSSR count). The summed E-state index contributed by atoms with van der Waals surface area (Å²) in [5.41, 5.74) is 0. The molecule has 3 atom stereocenters. The molecule has 6 nitrogen and oxygen atoms in total. The molecular weight excluding hydrogens is 204 g/mol. The summed E-state index contributed by atoms with van der Waals surface area (Å²) in [7, 11) is 0. The van der Waals surface area contributed by atoms with Crippen molar-refractivity contribution in [3.8, 4) is 0 Å². The van der Waals surface area contributed by atoms with E-state index in [-0.39, 0.29) is 12.6 Å². The summed E-state index contributed by atoms with van der Waals surface area (Å²) in [6.45, 7) is 2.99. The minimum Gasteiger partial charge on any atom is -0.504 e. The molecule has 0 fully saturated rings. The molecule has 0 spiro atoms. The third kappa shape index (κ3) is 2.41. The number of rotatable bonds is 4. The first-order valence-corrected chi connectivity index (χ1v) is 4.42. The van der Waals surface area contributed by atoms with Crippen LogP contribution in [0, 0.1) is 0 Å². The van der Waals surface area contributed by atoms with Crippen molar-refractivity contribution in [3.05, 3.63) is 24.4 Å². The smallest absolute Gasteiger partial charge is 0.322 e. The SMILES string of the molecule is C=CCOC1=C(O)[C@@H](O)[C@H](O)[C@@H](CO)O1. The van der Waals surface area contributed by atoms with Crippen molar-refractivity contribution in [2.75, 3.05) is 13.2 Å². The Labute approximate surface area is 86.7 Å². The fourth-order valence-corrected chi connectivity index (χ4v) is 1.14. The lowest BCUT2D eigenvalue weighted by Crippen LogP contribution is -2.46. The Bertz CT molecular complexity index is 261. The molecule has 1 aliphatic heterocycles. The van der Waals surface area contributed by atoms with Gasteiger partial charge in [-0.1, -0.05) is 12.7 Å². The average Bonchev–Trinajstić information content (AvgIpc) is 2.25. The maximum Gasteiger partial charge on any atom is 0.322 e. The molecule has 0 saturated carbocycles. The molecular formula is C9H14O6. The minimum atomic E-state index is -1.52. The van der Waals surface area contributed by atoms with Gasteiger partial charge in [-0.05, 0) is 0 Å². The predicted molar refractivity (Wildman–Crippen MR) is 49.8 cm³/mol. The minimum absolute atomic E-state index is 0.0837. The summed E-state index contributed by atoms with van der Waals surface area (Å²) in [5, 5.41) is 36.9. The molecule has 15 heavy (non-hydrogen) atoms. The van der Waals surface area contributed by atoms with Gasteiger partial charge in [-0.3, -0.25) is 0 Å². The maximum atomic E-state index is 9.36. The fourth-order valence-electron chi connectivity index (χ4n) is 1.14. The lowest BCUT2D eigenvalue weighted by Gasteiger charge is -2.31. The maximum absolute atomic E-state index is 9.36. The zero-order chi connectivity index (χ0) is 11.4. The Kier molecular flexibility index (Phi) is 3.96. The summed E-state index contributed by atoms with van der Waals surface area (Å²) >= 11 is 0. The van der Waals surface area contributed by atoms with Gasteiger partial charge in [0.25, 0.3) is 0 Å². The van der Waals surface area contributed by atoms with Crippen molar-refractivity contribution in [3.63, 3.8) is 0 Å². The number of aliphatic hydroxyl groups is 4. The van der Waals surface area contributed by atoms with Crippen molar-refractivity contribution >= 4 is 0 Å². The van der Waals surface area contributed by atoms with Gasteiger partial charge in [-0.25, -0.2) is 0 Å². The van der Waals surface area contributed by atoms with E-state index in [1.54, 1.807) is 0 Å².